The Bertz CT molecular complexity index is 1440. The molecule has 2 fully saturated rings. The number of aryl methyl sites for hydroxylation is 2. The first-order valence-corrected chi connectivity index (χ1v) is 14.0. The highest BCUT2D eigenvalue weighted by Gasteiger charge is 2.34. The first-order chi connectivity index (χ1) is 17.2. The zero-order valence-electron chi connectivity index (χ0n) is 20.7. The van der Waals surface area contributed by atoms with Crippen LogP contribution in [0.3, 0.4) is 0 Å². The van der Waals surface area contributed by atoms with E-state index < -0.39 is 9.84 Å². The molecule has 5 rings (SSSR count). The van der Waals surface area contributed by atoms with Crippen molar-refractivity contribution in [2.75, 3.05) is 31.7 Å². The number of ether oxygens (including phenoxy) is 1. The standard InChI is InChI=1S/C26H30N4O5S/c1-16-4-6-18(7-5-16)22-14-21(25(31)29-11-8-19(9-12-29)26(32)35-3)23-17(2)28-30(24(23)27-22)20-10-13-36(33,34)15-20/h4-7,14,19-20H,8-13,15H2,1-3H3. The van der Waals surface area contributed by atoms with Gasteiger partial charge in [0.2, 0.25) is 0 Å². The zero-order chi connectivity index (χ0) is 25.6. The first kappa shape index (κ1) is 24.4. The summed E-state index contributed by atoms with van der Waals surface area (Å²) < 4.78 is 31.0. The number of hydrogen-bond donors (Lipinski definition) is 0. The van der Waals surface area contributed by atoms with Gasteiger partial charge in [0.1, 0.15) is 0 Å². The normalized spacial score (nSPS) is 20.1. The molecule has 10 heteroatoms. The van der Waals surface area contributed by atoms with Crippen LogP contribution in [-0.2, 0) is 19.4 Å². The highest BCUT2D eigenvalue weighted by molar-refractivity contribution is 7.91. The maximum Gasteiger partial charge on any atom is 0.308 e. The molecule has 4 heterocycles. The molecule has 2 saturated heterocycles. The number of fused-ring (bicyclic) bond motifs is 1. The van der Waals surface area contributed by atoms with Crippen LogP contribution >= 0.6 is 0 Å². The van der Waals surface area contributed by atoms with E-state index in [4.69, 9.17) is 9.72 Å². The van der Waals surface area contributed by atoms with E-state index in [1.807, 2.05) is 44.2 Å². The molecule has 0 N–H and O–H groups in total. The van der Waals surface area contributed by atoms with Crippen LogP contribution in [0, 0.1) is 19.8 Å². The number of pyridine rings is 1. The highest BCUT2D eigenvalue weighted by atomic mass is 32.2. The Kier molecular flexibility index (Phi) is 6.32. The van der Waals surface area contributed by atoms with Crippen molar-refractivity contribution in [3.05, 3.63) is 47.2 Å². The second-order valence-corrected chi connectivity index (χ2v) is 12.0. The van der Waals surface area contributed by atoms with E-state index in [0.717, 1.165) is 11.1 Å². The fourth-order valence-electron chi connectivity index (χ4n) is 5.23. The van der Waals surface area contributed by atoms with E-state index in [2.05, 4.69) is 5.10 Å². The summed E-state index contributed by atoms with van der Waals surface area (Å²) in [5.41, 5.74) is 4.28. The summed E-state index contributed by atoms with van der Waals surface area (Å²) in [7, 11) is -1.74. The Balaban J connectivity index is 1.59. The zero-order valence-corrected chi connectivity index (χ0v) is 21.5. The number of likely N-dealkylation sites (tertiary alicyclic amines) is 1. The van der Waals surface area contributed by atoms with Crippen LogP contribution in [-0.4, -0.2) is 71.7 Å². The van der Waals surface area contributed by atoms with Crippen molar-refractivity contribution >= 4 is 32.7 Å². The van der Waals surface area contributed by atoms with Crippen molar-refractivity contribution in [1.29, 1.82) is 0 Å². The minimum Gasteiger partial charge on any atom is -0.469 e. The van der Waals surface area contributed by atoms with E-state index in [-0.39, 0.29) is 35.3 Å². The summed E-state index contributed by atoms with van der Waals surface area (Å²) in [6, 6.07) is 9.41. The number of amides is 1. The fourth-order valence-corrected chi connectivity index (χ4v) is 6.92. The SMILES string of the molecule is COC(=O)C1CCN(C(=O)c2cc(-c3ccc(C)cc3)nc3c2c(C)nn3C2CCS(=O)(=O)C2)CC1. The van der Waals surface area contributed by atoms with Gasteiger partial charge in [-0.2, -0.15) is 5.10 Å². The lowest BCUT2D eigenvalue weighted by Gasteiger charge is -2.31. The van der Waals surface area contributed by atoms with Crippen LogP contribution in [0.1, 0.15) is 46.9 Å². The van der Waals surface area contributed by atoms with Crippen molar-refractivity contribution < 1.29 is 22.7 Å². The number of aromatic nitrogens is 3. The first-order valence-electron chi connectivity index (χ1n) is 12.2. The second kappa shape index (κ2) is 9.31. The van der Waals surface area contributed by atoms with Crippen LogP contribution in [0.15, 0.2) is 30.3 Å². The number of sulfone groups is 1. The third kappa shape index (κ3) is 4.50. The number of esters is 1. The Morgan fingerprint density at radius 2 is 1.75 bits per heavy atom. The van der Waals surface area contributed by atoms with Gasteiger partial charge >= 0.3 is 5.97 Å². The largest absolute Gasteiger partial charge is 0.469 e. The van der Waals surface area contributed by atoms with Gasteiger partial charge in [0, 0.05) is 18.7 Å². The second-order valence-electron chi connectivity index (χ2n) is 9.80. The van der Waals surface area contributed by atoms with Crippen LogP contribution < -0.4 is 0 Å². The lowest BCUT2D eigenvalue weighted by molar-refractivity contribution is -0.146. The number of hydrogen-bond acceptors (Lipinski definition) is 7. The predicted molar refractivity (Wildman–Crippen MR) is 135 cm³/mol. The lowest BCUT2D eigenvalue weighted by Crippen LogP contribution is -2.40. The van der Waals surface area contributed by atoms with Gasteiger partial charge in [-0.15, -0.1) is 0 Å². The van der Waals surface area contributed by atoms with Gasteiger partial charge in [0.25, 0.3) is 5.91 Å². The third-order valence-electron chi connectivity index (χ3n) is 7.29. The molecule has 3 aromatic rings. The Hall–Kier alpha value is -3.27. The van der Waals surface area contributed by atoms with E-state index >= 15 is 0 Å². The van der Waals surface area contributed by atoms with E-state index in [0.29, 0.717) is 60.3 Å². The number of nitrogens with zero attached hydrogens (tertiary/aromatic N) is 4. The van der Waals surface area contributed by atoms with Crippen LogP contribution in [0.5, 0.6) is 0 Å². The molecule has 0 bridgehead atoms. The van der Waals surface area contributed by atoms with Crippen molar-refractivity contribution in [3.63, 3.8) is 0 Å². The molecule has 0 saturated carbocycles. The lowest BCUT2D eigenvalue weighted by atomic mass is 9.96. The molecule has 1 amide bonds. The number of methoxy groups -OCH3 is 1. The summed E-state index contributed by atoms with van der Waals surface area (Å²) in [6.45, 7) is 4.74. The summed E-state index contributed by atoms with van der Waals surface area (Å²) in [5, 5.41) is 5.33. The molecular weight excluding hydrogens is 480 g/mol. The molecule has 36 heavy (non-hydrogen) atoms. The van der Waals surface area contributed by atoms with Gasteiger partial charge in [-0.1, -0.05) is 29.8 Å². The molecule has 1 atom stereocenters. The maximum absolute atomic E-state index is 13.8. The van der Waals surface area contributed by atoms with Crippen molar-refractivity contribution in [3.8, 4) is 11.3 Å². The van der Waals surface area contributed by atoms with Gasteiger partial charge in [-0.3, -0.25) is 9.59 Å². The number of rotatable bonds is 4. The van der Waals surface area contributed by atoms with Crippen molar-refractivity contribution in [2.45, 2.75) is 39.2 Å². The van der Waals surface area contributed by atoms with Gasteiger partial charge in [-0.25, -0.2) is 18.1 Å². The van der Waals surface area contributed by atoms with E-state index in [1.165, 1.54) is 7.11 Å². The average Bonchev–Trinajstić information content (AvgIpc) is 3.41. The number of piperidine rings is 1. The molecule has 0 spiro atoms. The summed E-state index contributed by atoms with van der Waals surface area (Å²) in [6.07, 6.45) is 1.57. The minimum absolute atomic E-state index is 0.0178. The quantitative estimate of drug-likeness (QED) is 0.496. The minimum atomic E-state index is -3.13. The van der Waals surface area contributed by atoms with Crippen molar-refractivity contribution in [2.24, 2.45) is 5.92 Å². The molecular formula is C26H30N4O5S. The molecule has 190 valence electrons. The van der Waals surface area contributed by atoms with E-state index in [9.17, 15) is 18.0 Å². The van der Waals surface area contributed by atoms with Gasteiger partial charge in [0.15, 0.2) is 15.5 Å². The Morgan fingerprint density at radius 1 is 1.06 bits per heavy atom. The molecule has 0 aliphatic carbocycles. The maximum atomic E-state index is 13.8. The smallest absolute Gasteiger partial charge is 0.308 e. The van der Waals surface area contributed by atoms with Gasteiger partial charge < -0.3 is 9.64 Å². The number of benzene rings is 1. The highest BCUT2D eigenvalue weighted by Crippen LogP contribution is 2.33. The fraction of sp³-hybridized carbons (Fsp3) is 0.462. The Morgan fingerprint density at radius 3 is 2.36 bits per heavy atom. The molecule has 1 unspecified atom stereocenters. The average molecular weight is 511 g/mol. The predicted octanol–water partition coefficient (Wildman–Crippen LogP) is 3.10. The van der Waals surface area contributed by atoms with Gasteiger partial charge in [-0.05, 0) is 39.2 Å². The van der Waals surface area contributed by atoms with Crippen LogP contribution in [0.4, 0.5) is 0 Å². The monoisotopic (exact) mass is 510 g/mol. The molecule has 2 aliphatic heterocycles. The molecule has 2 aliphatic rings. The van der Waals surface area contributed by atoms with Crippen molar-refractivity contribution in [1.82, 2.24) is 19.7 Å². The topological polar surface area (TPSA) is 111 Å². The summed E-state index contributed by atoms with van der Waals surface area (Å²) in [5.74, 6) is -0.437. The van der Waals surface area contributed by atoms with Crippen LogP contribution in [0.25, 0.3) is 22.3 Å². The summed E-state index contributed by atoms with van der Waals surface area (Å²) >= 11 is 0. The molecule has 0 radical (unpaired) electrons. The number of carbonyl (C=O) groups is 2. The molecule has 9 nitrogen and oxygen atoms in total. The Labute approximate surface area is 210 Å². The van der Waals surface area contributed by atoms with Gasteiger partial charge in [0.05, 0.1) is 52.9 Å². The summed E-state index contributed by atoms with van der Waals surface area (Å²) in [4.78, 5) is 32.4. The number of carbonyl (C=O) groups excluding carboxylic acids is 2. The molecule has 1 aromatic carbocycles. The van der Waals surface area contributed by atoms with E-state index in [1.54, 1.807) is 9.58 Å². The molecule has 2 aromatic heterocycles. The van der Waals surface area contributed by atoms with Crippen LogP contribution in [0.2, 0.25) is 0 Å². The third-order valence-corrected chi connectivity index (χ3v) is 9.04.